The van der Waals surface area contributed by atoms with Crippen LogP contribution >= 0.6 is 0 Å². The van der Waals surface area contributed by atoms with Gasteiger partial charge in [-0.2, -0.15) is 0 Å². The second-order valence-corrected chi connectivity index (χ2v) is 3.96. The minimum absolute atomic E-state index is 0.0261. The first-order chi connectivity index (χ1) is 9.49. The van der Waals surface area contributed by atoms with Crippen LogP contribution in [0.15, 0.2) is 12.1 Å². The Morgan fingerprint density at radius 1 is 1.40 bits per heavy atom. The second-order valence-electron chi connectivity index (χ2n) is 3.96. The zero-order valence-corrected chi connectivity index (χ0v) is 11.6. The Labute approximate surface area is 116 Å². The fourth-order valence-corrected chi connectivity index (χ4v) is 1.88. The summed E-state index contributed by atoms with van der Waals surface area (Å²) in [5.74, 6) is -0.359. The Morgan fingerprint density at radius 2 is 2.00 bits per heavy atom. The van der Waals surface area contributed by atoms with Crippen molar-refractivity contribution in [2.75, 3.05) is 20.2 Å². The minimum atomic E-state index is -0.638. The van der Waals surface area contributed by atoms with Crippen LogP contribution in [0.3, 0.4) is 0 Å². The first-order valence-corrected chi connectivity index (χ1v) is 6.10. The normalized spacial score (nSPS) is 9.95. The van der Waals surface area contributed by atoms with E-state index in [0.717, 1.165) is 12.1 Å². The molecule has 1 aromatic rings. The van der Waals surface area contributed by atoms with E-state index in [-0.39, 0.29) is 28.5 Å². The zero-order chi connectivity index (χ0) is 15.3. The van der Waals surface area contributed by atoms with Crippen molar-refractivity contribution in [3.8, 4) is 5.75 Å². The third-order valence-electron chi connectivity index (χ3n) is 2.94. The predicted octanol–water partition coefficient (Wildman–Crippen LogP) is 1.90. The Balaban J connectivity index is 3.48. The molecule has 20 heavy (non-hydrogen) atoms. The van der Waals surface area contributed by atoms with Gasteiger partial charge in [0.1, 0.15) is 5.75 Å². The first kappa shape index (κ1) is 15.6. The summed E-state index contributed by atoms with van der Waals surface area (Å²) in [6.45, 7) is 4.54. The molecule has 1 aromatic carbocycles. The molecule has 0 unspecified atom stereocenters. The molecule has 0 aromatic heterocycles. The van der Waals surface area contributed by atoms with Gasteiger partial charge in [0, 0.05) is 24.7 Å². The molecule has 0 saturated carbocycles. The molecule has 0 spiro atoms. The third kappa shape index (κ3) is 2.93. The van der Waals surface area contributed by atoms with Crippen molar-refractivity contribution in [1.29, 1.82) is 0 Å². The number of hydrogen-bond acceptors (Lipinski definition) is 5. The van der Waals surface area contributed by atoms with Crippen LogP contribution in [0.4, 0.5) is 5.69 Å². The van der Waals surface area contributed by atoms with Gasteiger partial charge < -0.3 is 9.64 Å². The molecule has 7 nitrogen and oxygen atoms in total. The van der Waals surface area contributed by atoms with E-state index in [1.54, 1.807) is 13.8 Å². The van der Waals surface area contributed by atoms with Crippen LogP contribution in [-0.2, 0) is 0 Å². The van der Waals surface area contributed by atoms with Crippen molar-refractivity contribution in [3.63, 3.8) is 0 Å². The van der Waals surface area contributed by atoms with Crippen molar-refractivity contribution in [3.05, 3.63) is 33.4 Å². The summed E-state index contributed by atoms with van der Waals surface area (Å²) in [4.78, 5) is 35.2. The SMILES string of the molecule is CCN(CC)C(=O)c1c(C=O)cc([N+](=O)[O-])cc1OC. The largest absolute Gasteiger partial charge is 0.496 e. The van der Waals surface area contributed by atoms with E-state index >= 15 is 0 Å². The Bertz CT molecular complexity index is 538. The molecule has 0 radical (unpaired) electrons. The summed E-state index contributed by atoms with van der Waals surface area (Å²) in [6, 6.07) is 2.22. The number of carbonyl (C=O) groups is 2. The summed E-state index contributed by atoms with van der Waals surface area (Å²) < 4.78 is 5.03. The average molecular weight is 280 g/mol. The van der Waals surface area contributed by atoms with Crippen LogP contribution in [-0.4, -0.2) is 42.2 Å². The number of hydrogen-bond donors (Lipinski definition) is 0. The van der Waals surface area contributed by atoms with E-state index in [9.17, 15) is 19.7 Å². The first-order valence-electron chi connectivity index (χ1n) is 6.10. The summed E-state index contributed by atoms with van der Waals surface area (Å²) in [7, 11) is 1.30. The number of amides is 1. The highest BCUT2D eigenvalue weighted by atomic mass is 16.6. The molecule has 0 saturated heterocycles. The maximum absolute atomic E-state index is 12.4. The fraction of sp³-hybridized carbons (Fsp3) is 0.385. The highest BCUT2D eigenvalue weighted by Crippen LogP contribution is 2.29. The van der Waals surface area contributed by atoms with Gasteiger partial charge in [-0.1, -0.05) is 0 Å². The molecule has 7 heteroatoms. The molecule has 0 aliphatic heterocycles. The molecule has 108 valence electrons. The van der Waals surface area contributed by atoms with Gasteiger partial charge in [-0.25, -0.2) is 0 Å². The summed E-state index contributed by atoms with van der Waals surface area (Å²) in [5.41, 5.74) is -0.287. The average Bonchev–Trinajstić information content (AvgIpc) is 2.46. The lowest BCUT2D eigenvalue weighted by atomic mass is 10.0. The number of aldehydes is 1. The van der Waals surface area contributed by atoms with Gasteiger partial charge in [-0.3, -0.25) is 19.7 Å². The summed E-state index contributed by atoms with van der Waals surface area (Å²) >= 11 is 0. The smallest absolute Gasteiger partial charge is 0.273 e. The maximum atomic E-state index is 12.4. The van der Waals surface area contributed by atoms with E-state index in [0.29, 0.717) is 19.4 Å². The van der Waals surface area contributed by atoms with Crippen LogP contribution in [0.1, 0.15) is 34.6 Å². The van der Waals surface area contributed by atoms with Gasteiger partial charge in [-0.15, -0.1) is 0 Å². The fourth-order valence-electron chi connectivity index (χ4n) is 1.88. The molecule has 1 amide bonds. The van der Waals surface area contributed by atoms with Crippen LogP contribution in [0.25, 0.3) is 0 Å². The standard InChI is InChI=1S/C13H16N2O5/c1-4-14(5-2)13(17)12-9(8-16)6-10(15(18)19)7-11(12)20-3/h6-8H,4-5H2,1-3H3. The van der Waals surface area contributed by atoms with Gasteiger partial charge in [-0.05, 0) is 13.8 Å². The van der Waals surface area contributed by atoms with Crippen molar-refractivity contribution >= 4 is 17.9 Å². The highest BCUT2D eigenvalue weighted by Gasteiger charge is 2.24. The highest BCUT2D eigenvalue weighted by molar-refractivity contribution is 6.04. The number of methoxy groups -OCH3 is 1. The molecule has 0 N–H and O–H groups in total. The molecular weight excluding hydrogens is 264 g/mol. The lowest BCUT2D eigenvalue weighted by molar-refractivity contribution is -0.384. The molecule has 0 atom stereocenters. The van der Waals surface area contributed by atoms with E-state index in [4.69, 9.17) is 4.74 Å². The van der Waals surface area contributed by atoms with E-state index in [1.807, 2.05) is 0 Å². The monoisotopic (exact) mass is 280 g/mol. The number of non-ortho nitro benzene ring substituents is 1. The summed E-state index contributed by atoms with van der Waals surface area (Å²) in [5, 5.41) is 10.8. The van der Waals surface area contributed by atoms with Crippen molar-refractivity contribution in [2.45, 2.75) is 13.8 Å². The summed E-state index contributed by atoms with van der Waals surface area (Å²) in [6.07, 6.45) is 0.423. The Morgan fingerprint density at radius 3 is 2.40 bits per heavy atom. The third-order valence-corrected chi connectivity index (χ3v) is 2.94. The molecule has 0 bridgehead atoms. The van der Waals surface area contributed by atoms with E-state index in [1.165, 1.54) is 12.0 Å². The number of nitrogens with zero attached hydrogens (tertiary/aromatic N) is 2. The molecule has 0 fully saturated rings. The van der Waals surface area contributed by atoms with Gasteiger partial charge >= 0.3 is 0 Å². The number of ether oxygens (including phenoxy) is 1. The van der Waals surface area contributed by atoms with Crippen LogP contribution in [0.2, 0.25) is 0 Å². The zero-order valence-electron chi connectivity index (χ0n) is 11.6. The van der Waals surface area contributed by atoms with Crippen molar-refractivity contribution in [2.24, 2.45) is 0 Å². The van der Waals surface area contributed by atoms with Crippen LogP contribution in [0, 0.1) is 10.1 Å². The van der Waals surface area contributed by atoms with Gasteiger partial charge in [0.2, 0.25) is 0 Å². The topological polar surface area (TPSA) is 89.8 Å². The lowest BCUT2D eigenvalue weighted by Gasteiger charge is -2.20. The van der Waals surface area contributed by atoms with Crippen molar-refractivity contribution in [1.82, 2.24) is 4.90 Å². The minimum Gasteiger partial charge on any atom is -0.496 e. The van der Waals surface area contributed by atoms with Gasteiger partial charge in [0.05, 0.1) is 23.7 Å². The van der Waals surface area contributed by atoms with E-state index < -0.39 is 4.92 Å². The molecule has 0 heterocycles. The lowest BCUT2D eigenvalue weighted by Crippen LogP contribution is -2.31. The quantitative estimate of drug-likeness (QED) is 0.451. The van der Waals surface area contributed by atoms with Crippen LogP contribution < -0.4 is 4.74 Å². The van der Waals surface area contributed by atoms with Gasteiger partial charge in [0.25, 0.3) is 11.6 Å². The number of carbonyl (C=O) groups excluding carboxylic acids is 2. The number of nitro groups is 1. The van der Waals surface area contributed by atoms with E-state index in [2.05, 4.69) is 0 Å². The second kappa shape index (κ2) is 6.65. The number of nitro benzene ring substituents is 1. The number of benzene rings is 1. The molecule has 0 aliphatic rings. The van der Waals surface area contributed by atoms with Gasteiger partial charge in [0.15, 0.2) is 6.29 Å². The predicted molar refractivity (Wildman–Crippen MR) is 72.3 cm³/mol. The maximum Gasteiger partial charge on any atom is 0.273 e. The Kier molecular flexibility index (Phi) is 5.19. The van der Waals surface area contributed by atoms with Crippen molar-refractivity contribution < 1.29 is 19.2 Å². The molecule has 1 rings (SSSR count). The van der Waals surface area contributed by atoms with Crippen LogP contribution in [0.5, 0.6) is 5.75 Å². The number of rotatable bonds is 6. The molecular formula is C13H16N2O5. The molecule has 0 aliphatic carbocycles. The Hall–Kier alpha value is -2.44.